The van der Waals surface area contributed by atoms with Crippen LogP contribution in [0.3, 0.4) is 0 Å². The molecule has 11 rings (SSSR count). The minimum absolute atomic E-state index is 0.385. The fourth-order valence-corrected chi connectivity index (χ4v) is 11.9. The van der Waals surface area contributed by atoms with Crippen LogP contribution in [0.5, 0.6) is 0 Å². The Hall–Kier alpha value is -6.29. The first kappa shape index (κ1) is 33.1. The second kappa shape index (κ2) is 13.8. The third-order valence-corrected chi connectivity index (χ3v) is 14.5. The Morgan fingerprint density at radius 1 is 0.589 bits per heavy atom. The molecule has 0 fully saturated rings. The summed E-state index contributed by atoms with van der Waals surface area (Å²) in [5.74, 6) is 1.87. The molecule has 4 heterocycles. The summed E-state index contributed by atoms with van der Waals surface area (Å²) in [6.45, 7) is 0.624. The van der Waals surface area contributed by atoms with Crippen molar-refractivity contribution in [3.63, 3.8) is 0 Å². The van der Waals surface area contributed by atoms with Crippen molar-refractivity contribution in [1.29, 1.82) is 0 Å². The Morgan fingerprint density at radius 2 is 1.25 bits per heavy atom. The van der Waals surface area contributed by atoms with E-state index >= 15 is 0 Å². The Labute approximate surface area is 337 Å². The summed E-state index contributed by atoms with van der Waals surface area (Å²) in [4.78, 5) is 21.1. The maximum absolute atomic E-state index is 5.41. The first-order valence-corrected chi connectivity index (χ1v) is 21.5. The molecule has 0 aliphatic carbocycles. The molecule has 0 unspecified atom stereocenters. The third kappa shape index (κ3) is 5.65. The van der Waals surface area contributed by atoms with Crippen molar-refractivity contribution in [3.8, 4) is 28.7 Å². The standard InChI is InChI=1S/C49H31IN5S/c1-3-15-31(16-4-1)30-51-45(40-29-33-19-7-10-25-39(33)50-40)38-24-13-22-36-44-37(23-14-28-43(44)56-46(36)38)48-52-47(32-17-5-2-6-18-32)53-49(54-48)55-41-26-11-8-20-34(41)35-21-9-12-27-42(35)55/h1-29H,30H2/q-1. The molecule has 7 aromatic carbocycles. The van der Waals surface area contributed by atoms with Crippen molar-refractivity contribution in [2.75, 3.05) is 0 Å². The summed E-state index contributed by atoms with van der Waals surface area (Å²) in [7, 11) is 0. The van der Waals surface area contributed by atoms with Crippen LogP contribution in [0.2, 0.25) is 0 Å². The van der Waals surface area contributed by atoms with E-state index in [-0.39, 0.29) is 21.2 Å². The number of halogens is 1. The zero-order valence-corrected chi connectivity index (χ0v) is 32.9. The van der Waals surface area contributed by atoms with Crippen LogP contribution in [0.4, 0.5) is 0 Å². The fraction of sp³-hybridized carbons (Fsp3) is 0.0204. The van der Waals surface area contributed by atoms with E-state index in [1.54, 1.807) is 0 Å². The van der Waals surface area contributed by atoms with Crippen molar-refractivity contribution in [1.82, 2.24) is 19.5 Å². The Bertz CT molecular complexity index is 3150. The zero-order chi connectivity index (χ0) is 37.0. The van der Waals surface area contributed by atoms with Gasteiger partial charge in [0.15, 0.2) is 0 Å². The molecule has 1 aliphatic heterocycles. The average Bonchev–Trinajstić information content (AvgIpc) is 3.97. The van der Waals surface area contributed by atoms with Gasteiger partial charge < -0.3 is 0 Å². The number of hydrogen-bond acceptors (Lipinski definition) is 5. The first-order valence-electron chi connectivity index (χ1n) is 18.6. The second-order valence-electron chi connectivity index (χ2n) is 13.7. The first-order chi connectivity index (χ1) is 27.8. The summed E-state index contributed by atoms with van der Waals surface area (Å²) < 4.78 is 7.39. The number of allylic oxidation sites excluding steroid dienone is 1. The number of aliphatic imine (C=N–C) groups is 1. The number of hydrogen-bond donors (Lipinski definition) is 0. The molecule has 1 aliphatic rings. The fourth-order valence-electron chi connectivity index (χ4n) is 7.77. The number of rotatable bonds is 7. The second-order valence-corrected chi connectivity index (χ2v) is 17.7. The van der Waals surface area contributed by atoms with Gasteiger partial charge in [0.1, 0.15) is 0 Å². The summed E-state index contributed by atoms with van der Waals surface area (Å²) >= 11 is 1.44. The van der Waals surface area contributed by atoms with Gasteiger partial charge >= 0.3 is 262 Å². The molecule has 0 atom stereocenters. The number of fused-ring (bicyclic) bond motifs is 7. The van der Waals surface area contributed by atoms with E-state index in [4.69, 9.17) is 19.9 Å². The van der Waals surface area contributed by atoms with Crippen LogP contribution in [-0.2, 0) is 6.54 Å². The molecular weight excluding hydrogens is 818 g/mol. The van der Waals surface area contributed by atoms with E-state index in [0.717, 1.165) is 44.0 Å². The van der Waals surface area contributed by atoms with Crippen LogP contribution < -0.4 is 21.2 Å². The van der Waals surface area contributed by atoms with Crippen LogP contribution in [0.1, 0.15) is 16.7 Å². The van der Waals surface area contributed by atoms with Crippen molar-refractivity contribution < 1.29 is 21.2 Å². The molecule has 3 aromatic heterocycles. The van der Waals surface area contributed by atoms with Gasteiger partial charge in [-0.15, -0.1) is 0 Å². The molecule has 0 radical (unpaired) electrons. The Kier molecular flexibility index (Phi) is 8.14. The van der Waals surface area contributed by atoms with Gasteiger partial charge in [-0.05, 0) is 12.1 Å². The normalized spacial score (nSPS) is 13.0. The van der Waals surface area contributed by atoms with Gasteiger partial charge in [0.05, 0.1) is 0 Å². The average molecular weight is 849 g/mol. The number of nitrogens with zero attached hydrogens (tertiary/aromatic N) is 5. The topological polar surface area (TPSA) is 56.0 Å². The Morgan fingerprint density at radius 3 is 2.04 bits per heavy atom. The number of thiophene rings is 1. The van der Waals surface area contributed by atoms with Gasteiger partial charge in [0.2, 0.25) is 0 Å². The predicted molar refractivity (Wildman–Crippen MR) is 228 cm³/mol. The van der Waals surface area contributed by atoms with Crippen molar-refractivity contribution in [2.24, 2.45) is 4.99 Å². The maximum atomic E-state index is 5.41. The molecule has 0 N–H and O–H groups in total. The number of benzene rings is 7. The predicted octanol–water partition coefficient (Wildman–Crippen LogP) is 8.97. The van der Waals surface area contributed by atoms with Gasteiger partial charge in [-0.1, -0.05) is 54.6 Å². The molecule has 5 nitrogen and oxygen atoms in total. The summed E-state index contributed by atoms with van der Waals surface area (Å²) in [5, 5.41) is 4.66. The van der Waals surface area contributed by atoms with E-state index in [2.05, 4.69) is 162 Å². The van der Waals surface area contributed by atoms with Crippen LogP contribution in [0.25, 0.3) is 76.8 Å². The quantitative estimate of drug-likeness (QED) is 0.119. The molecule has 0 spiro atoms. The summed E-state index contributed by atoms with van der Waals surface area (Å²) in [6, 6.07) is 59.7. The summed E-state index contributed by atoms with van der Waals surface area (Å²) in [6.07, 6.45) is 2.37. The molecule has 0 saturated heterocycles. The summed E-state index contributed by atoms with van der Waals surface area (Å²) in [5.41, 5.74) is 8.83. The van der Waals surface area contributed by atoms with E-state index in [1.165, 1.54) is 38.6 Å². The Balaban J connectivity index is 1.13. The van der Waals surface area contributed by atoms with Crippen molar-refractivity contribution in [3.05, 3.63) is 194 Å². The van der Waals surface area contributed by atoms with E-state index in [0.29, 0.717) is 24.1 Å². The molecule has 7 heteroatoms. The molecule has 10 aromatic rings. The third-order valence-electron chi connectivity index (χ3n) is 10.3. The van der Waals surface area contributed by atoms with E-state index < -0.39 is 0 Å². The van der Waals surface area contributed by atoms with Crippen molar-refractivity contribution >= 4 is 65.1 Å². The minimum atomic E-state index is -0.385. The SMILES string of the molecule is C1=C(C(=NCc2ccccc2)c2cccc3c2sc2cccc(-c4nc(-c5ccccc5)nc(-n5c6ccccc6c6ccccc65)n4)c23)[I-]c2ccccc21. The molecule has 0 amide bonds. The monoisotopic (exact) mass is 848 g/mol. The van der Waals surface area contributed by atoms with Crippen LogP contribution >= 0.6 is 11.3 Å². The van der Waals surface area contributed by atoms with Crippen LogP contribution in [0.15, 0.2) is 178 Å². The van der Waals surface area contributed by atoms with Crippen molar-refractivity contribution in [2.45, 2.75) is 6.54 Å². The van der Waals surface area contributed by atoms with Gasteiger partial charge in [-0.25, -0.2) is 0 Å². The number of aromatic nitrogens is 4. The molecule has 56 heavy (non-hydrogen) atoms. The van der Waals surface area contributed by atoms with Gasteiger partial charge in [-0.3, -0.25) is 0 Å². The van der Waals surface area contributed by atoms with Gasteiger partial charge in [-0.2, -0.15) is 0 Å². The van der Waals surface area contributed by atoms with Crippen LogP contribution in [-0.4, -0.2) is 25.2 Å². The molecule has 266 valence electrons. The van der Waals surface area contributed by atoms with E-state index in [1.807, 2.05) is 29.5 Å². The van der Waals surface area contributed by atoms with E-state index in [9.17, 15) is 0 Å². The van der Waals surface area contributed by atoms with Gasteiger partial charge in [0.25, 0.3) is 0 Å². The zero-order valence-electron chi connectivity index (χ0n) is 30.0. The molecule has 0 saturated carbocycles. The molecular formula is C49H31IN5S-. The number of para-hydroxylation sites is 2. The molecule has 0 bridgehead atoms. The van der Waals surface area contributed by atoms with Crippen LogP contribution in [0, 0.1) is 3.57 Å². The van der Waals surface area contributed by atoms with Gasteiger partial charge in [0, 0.05) is 10.8 Å².